The van der Waals surface area contributed by atoms with Crippen LogP contribution in [0.1, 0.15) is 39.5 Å². The van der Waals surface area contributed by atoms with Crippen LogP contribution in [-0.2, 0) is 0 Å². The number of halogens is 1. The minimum atomic E-state index is -1.22. The minimum absolute atomic E-state index is 0.0779. The van der Waals surface area contributed by atoms with Gasteiger partial charge in [0.2, 0.25) is 0 Å². The van der Waals surface area contributed by atoms with Gasteiger partial charge in [-0.2, -0.15) is 0 Å². The monoisotopic (exact) mass is 575 g/mol. The van der Waals surface area contributed by atoms with E-state index in [-0.39, 0.29) is 24.6 Å². The zero-order chi connectivity index (χ0) is 29.2. The zero-order valence-electron chi connectivity index (χ0n) is 22.7. The molecule has 1 aliphatic rings. The maximum Gasteiger partial charge on any atom is 0.421 e. The molecule has 1 atom stereocenters. The molecule has 214 valence electrons. The molecule has 10 heteroatoms. The second-order valence-corrected chi connectivity index (χ2v) is 10.1. The van der Waals surface area contributed by atoms with Crippen LogP contribution in [0.4, 0.5) is 4.79 Å². The summed E-state index contributed by atoms with van der Waals surface area (Å²) < 4.78 is 5.96. The summed E-state index contributed by atoms with van der Waals surface area (Å²) in [5.74, 6) is 10.9. The third-order valence-corrected chi connectivity index (χ3v) is 7.19. The Morgan fingerprint density at radius 2 is 1.68 bits per heavy atom. The van der Waals surface area contributed by atoms with Crippen LogP contribution >= 0.6 is 11.6 Å². The van der Waals surface area contributed by atoms with Crippen molar-refractivity contribution in [3.63, 3.8) is 0 Å². The van der Waals surface area contributed by atoms with Crippen LogP contribution in [0.25, 0.3) is 0 Å². The van der Waals surface area contributed by atoms with Gasteiger partial charge in [-0.3, -0.25) is 14.6 Å². The van der Waals surface area contributed by atoms with Crippen molar-refractivity contribution < 1.29 is 19.4 Å². The molecule has 1 fully saturated rings. The Labute approximate surface area is 245 Å². The lowest BCUT2D eigenvalue weighted by molar-refractivity contribution is 0.0957. The molecule has 9 nitrogen and oxygen atoms in total. The summed E-state index contributed by atoms with van der Waals surface area (Å²) in [6, 6.07) is 23.7. The minimum Gasteiger partial charge on any atom is -0.491 e. The number of carbonyl (C=O) groups excluding carboxylic acids is 1. The predicted molar refractivity (Wildman–Crippen MR) is 159 cm³/mol. The van der Waals surface area contributed by atoms with Gasteiger partial charge in [0.25, 0.3) is 5.91 Å². The first-order valence-corrected chi connectivity index (χ1v) is 13.8. The highest BCUT2D eigenvalue weighted by Gasteiger charge is 2.26. The fourth-order valence-corrected chi connectivity index (χ4v) is 4.91. The molecule has 2 amide bonds. The summed E-state index contributed by atoms with van der Waals surface area (Å²) >= 11 is 6.15. The molecule has 3 aromatic rings. The van der Waals surface area contributed by atoms with Crippen LogP contribution in [-0.4, -0.2) is 77.8 Å². The van der Waals surface area contributed by atoms with Gasteiger partial charge in [-0.05, 0) is 41.5 Å². The summed E-state index contributed by atoms with van der Waals surface area (Å²) in [5, 5.41) is 10.2. The molecule has 3 aromatic carbocycles. The van der Waals surface area contributed by atoms with E-state index in [9.17, 15) is 9.59 Å². The van der Waals surface area contributed by atoms with Crippen LogP contribution in [0.5, 0.6) is 5.75 Å². The maximum absolute atomic E-state index is 12.1. The topological polar surface area (TPSA) is 125 Å². The SMILES string of the molecule is NC(=O)c1cc(C#CCCN(N)C(=O)O)ccc1OCCN1CCN([C@H](c2ccccc2)c2ccc(Cl)cc2)CC1. The number of rotatable bonds is 10. The van der Waals surface area contributed by atoms with E-state index in [1.54, 1.807) is 18.2 Å². The first-order chi connectivity index (χ1) is 19.8. The van der Waals surface area contributed by atoms with Crippen LogP contribution in [0, 0.1) is 11.8 Å². The van der Waals surface area contributed by atoms with Crippen molar-refractivity contribution in [3.05, 3.63) is 100 Å². The number of piperazine rings is 1. The van der Waals surface area contributed by atoms with E-state index >= 15 is 0 Å². The fraction of sp³-hybridized carbons (Fsp3) is 0.290. The van der Waals surface area contributed by atoms with Crippen LogP contribution in [0.2, 0.25) is 5.02 Å². The summed E-state index contributed by atoms with van der Waals surface area (Å²) in [7, 11) is 0. The number of hydrazine groups is 1. The summed E-state index contributed by atoms with van der Waals surface area (Å²) in [5.41, 5.74) is 8.89. The number of hydrogen-bond donors (Lipinski definition) is 3. The number of amides is 2. The number of hydrogen-bond acceptors (Lipinski definition) is 6. The summed E-state index contributed by atoms with van der Waals surface area (Å²) in [6.45, 7) is 4.77. The average Bonchev–Trinajstić information content (AvgIpc) is 2.98. The van der Waals surface area contributed by atoms with Crippen LogP contribution < -0.4 is 16.3 Å². The van der Waals surface area contributed by atoms with Gasteiger partial charge in [-0.25, -0.2) is 15.6 Å². The van der Waals surface area contributed by atoms with E-state index < -0.39 is 12.0 Å². The lowest BCUT2D eigenvalue weighted by Crippen LogP contribution is -2.48. The maximum atomic E-state index is 12.1. The average molecular weight is 576 g/mol. The van der Waals surface area contributed by atoms with Crippen molar-refractivity contribution in [1.82, 2.24) is 14.8 Å². The number of ether oxygens (including phenoxy) is 1. The molecule has 4 rings (SSSR count). The number of carbonyl (C=O) groups is 2. The zero-order valence-corrected chi connectivity index (χ0v) is 23.5. The Kier molecular flexibility index (Phi) is 10.6. The fourth-order valence-electron chi connectivity index (χ4n) is 4.79. The van der Waals surface area contributed by atoms with Gasteiger partial charge < -0.3 is 15.6 Å². The second-order valence-electron chi connectivity index (χ2n) is 9.69. The van der Waals surface area contributed by atoms with Crippen LogP contribution in [0.3, 0.4) is 0 Å². The Morgan fingerprint density at radius 3 is 2.34 bits per heavy atom. The molecular weight excluding hydrogens is 542 g/mol. The Bertz CT molecular complexity index is 1380. The molecule has 5 N–H and O–H groups in total. The molecule has 41 heavy (non-hydrogen) atoms. The molecule has 1 aliphatic heterocycles. The molecule has 0 bridgehead atoms. The quantitative estimate of drug-likeness (QED) is 0.145. The van der Waals surface area contributed by atoms with E-state index in [1.165, 1.54) is 11.1 Å². The summed E-state index contributed by atoms with van der Waals surface area (Å²) in [4.78, 5) is 27.7. The first-order valence-electron chi connectivity index (χ1n) is 13.4. The Hall–Kier alpha value is -4.07. The van der Waals surface area contributed by atoms with Gasteiger partial charge in [-0.15, -0.1) is 0 Å². The van der Waals surface area contributed by atoms with Crippen molar-refractivity contribution in [2.24, 2.45) is 11.6 Å². The van der Waals surface area contributed by atoms with Crippen molar-refractivity contribution in [3.8, 4) is 17.6 Å². The molecule has 1 saturated heterocycles. The number of benzene rings is 3. The Balaban J connectivity index is 1.31. The standard InChI is InChI=1S/C31H34ClN5O4/c32-26-12-10-25(11-13-26)29(24-7-2-1-3-8-24)36-18-16-35(17-19-36)20-21-41-28-14-9-23(22-27(28)30(33)38)6-4-5-15-37(34)31(39)40/h1-3,7-14,22,29H,5,15-21,34H2,(H2,33,38)(H,39,40)/t29-/m1/s1. The normalized spacial score (nSPS) is 14.5. The summed E-state index contributed by atoms with van der Waals surface area (Å²) in [6.07, 6.45) is -0.966. The molecule has 0 aliphatic carbocycles. The number of primary amides is 1. The smallest absolute Gasteiger partial charge is 0.421 e. The highest BCUT2D eigenvalue weighted by Crippen LogP contribution is 2.30. The number of nitrogens with zero attached hydrogens (tertiary/aromatic N) is 3. The highest BCUT2D eigenvalue weighted by molar-refractivity contribution is 6.30. The van der Waals surface area contributed by atoms with Gasteiger partial charge in [0.15, 0.2) is 0 Å². The Morgan fingerprint density at radius 1 is 1.00 bits per heavy atom. The molecule has 0 radical (unpaired) electrons. The first kappa shape index (κ1) is 29.9. The van der Waals surface area contributed by atoms with E-state index in [2.05, 4.69) is 58.0 Å². The van der Waals surface area contributed by atoms with Gasteiger partial charge >= 0.3 is 6.09 Å². The van der Waals surface area contributed by atoms with Crippen molar-refractivity contribution in [2.75, 3.05) is 45.9 Å². The lowest BCUT2D eigenvalue weighted by atomic mass is 9.96. The number of nitrogens with two attached hydrogens (primary N) is 2. The number of carboxylic acid groups (broad SMARTS) is 1. The molecule has 0 aromatic heterocycles. The van der Waals surface area contributed by atoms with Gasteiger partial charge in [-0.1, -0.05) is 65.9 Å². The van der Waals surface area contributed by atoms with Crippen LogP contribution in [0.15, 0.2) is 72.8 Å². The second kappa shape index (κ2) is 14.5. The van der Waals surface area contributed by atoms with Gasteiger partial charge in [0.05, 0.1) is 18.2 Å². The van der Waals surface area contributed by atoms with E-state index in [0.29, 0.717) is 29.5 Å². The van der Waals surface area contributed by atoms with Crippen molar-refractivity contribution in [1.29, 1.82) is 0 Å². The predicted octanol–water partition coefficient (Wildman–Crippen LogP) is 3.82. The van der Waals surface area contributed by atoms with Crippen molar-refractivity contribution >= 4 is 23.6 Å². The molecule has 0 unspecified atom stereocenters. The van der Waals surface area contributed by atoms with E-state index in [1.807, 2.05) is 18.2 Å². The molecule has 0 spiro atoms. The van der Waals surface area contributed by atoms with E-state index in [0.717, 1.165) is 31.2 Å². The third-order valence-electron chi connectivity index (χ3n) is 6.94. The third kappa shape index (κ3) is 8.46. The highest BCUT2D eigenvalue weighted by atomic mass is 35.5. The van der Waals surface area contributed by atoms with Crippen molar-refractivity contribution in [2.45, 2.75) is 12.5 Å². The molecule has 1 heterocycles. The molecule has 0 saturated carbocycles. The van der Waals surface area contributed by atoms with Gasteiger partial charge in [0, 0.05) is 49.7 Å². The largest absolute Gasteiger partial charge is 0.491 e. The molecular formula is C31H34ClN5O4. The van der Waals surface area contributed by atoms with Gasteiger partial charge in [0.1, 0.15) is 12.4 Å². The lowest BCUT2D eigenvalue weighted by Gasteiger charge is -2.39. The van der Waals surface area contributed by atoms with E-state index in [4.69, 9.17) is 33.0 Å².